The lowest BCUT2D eigenvalue weighted by Gasteiger charge is -2.50. The number of hydrogen-bond acceptors (Lipinski definition) is 1. The van der Waals surface area contributed by atoms with Gasteiger partial charge in [0.2, 0.25) is 0 Å². The molecule has 0 N–H and O–H groups in total. The minimum Gasteiger partial charge on any atom is -0.448 e. The van der Waals surface area contributed by atoms with Crippen LogP contribution >= 0.6 is 0 Å². The minimum atomic E-state index is -9.28. The van der Waals surface area contributed by atoms with Gasteiger partial charge >= 0.3 is 79.1 Å². The quantitative estimate of drug-likeness (QED) is 0.111. The monoisotopic (exact) mass is 826 g/mol. The van der Waals surface area contributed by atoms with Gasteiger partial charge in [0, 0.05) is 25.7 Å². The molecule has 0 aromatic carbocycles. The third-order valence-corrected chi connectivity index (χ3v) is 13.5. The summed E-state index contributed by atoms with van der Waals surface area (Å²) in [4.78, 5) is 0. The molecule has 296 valence electrons. The molecule has 0 aliphatic rings. The van der Waals surface area contributed by atoms with Gasteiger partial charge in [-0.05, 0) is 26.2 Å². The summed E-state index contributed by atoms with van der Waals surface area (Å²) in [6.45, 7) is -1.12. The summed E-state index contributed by atoms with van der Waals surface area (Å²) in [5, 5.41) is 0. The molecule has 0 unspecified atom stereocenters. The molecule has 0 spiro atoms. The standard InChI is InChI=1S/C20H20F26OSi2/c1-48(2,3)47-49(4,19(43,44)17(39,40)15(35,36)13(31,32)9(21,22)5-7-11(25,26)27)20(45,46)18(41,42)16(37,38)14(33,34)10(23,24)6-8-12(28,29)30/h5-8H2,1-4H3. The molecule has 0 bridgehead atoms. The second-order valence-corrected chi connectivity index (χ2v) is 19.8. The zero-order valence-electron chi connectivity index (χ0n) is 24.1. The molecule has 0 saturated heterocycles. The summed E-state index contributed by atoms with van der Waals surface area (Å²) in [5.74, 6) is -65.5. The van der Waals surface area contributed by atoms with E-state index in [1.54, 1.807) is 0 Å². The predicted octanol–water partition coefficient (Wildman–Crippen LogP) is 11.5. The molecule has 0 aromatic heterocycles. The molecular weight excluding hydrogens is 806 g/mol. The molecule has 49 heavy (non-hydrogen) atoms. The van der Waals surface area contributed by atoms with E-state index in [0.29, 0.717) is 0 Å². The van der Waals surface area contributed by atoms with Crippen molar-refractivity contribution < 1.29 is 118 Å². The van der Waals surface area contributed by atoms with Crippen LogP contribution in [0, 0.1) is 0 Å². The van der Waals surface area contributed by atoms with Crippen LogP contribution in [-0.2, 0) is 4.12 Å². The fraction of sp³-hybridized carbons (Fsp3) is 1.00. The number of alkyl halides is 26. The molecule has 0 fully saturated rings. The predicted molar refractivity (Wildman–Crippen MR) is 116 cm³/mol. The maximum atomic E-state index is 15.2. The van der Waals surface area contributed by atoms with Crippen LogP contribution < -0.4 is 0 Å². The summed E-state index contributed by atoms with van der Waals surface area (Å²) in [7, 11) is -14.3. The topological polar surface area (TPSA) is 9.23 Å². The first-order valence-corrected chi connectivity index (χ1v) is 18.1. The molecule has 0 aliphatic carbocycles. The van der Waals surface area contributed by atoms with Crippen molar-refractivity contribution in [2.24, 2.45) is 0 Å². The second-order valence-electron chi connectivity index (χ2n) is 11.5. The van der Waals surface area contributed by atoms with Crippen molar-refractivity contribution in [2.45, 2.75) is 123 Å². The first-order chi connectivity index (χ1) is 20.6. The Labute approximate surface area is 258 Å². The van der Waals surface area contributed by atoms with Gasteiger partial charge in [-0.1, -0.05) is 0 Å². The maximum absolute atomic E-state index is 15.2. The average Bonchev–Trinajstić information content (AvgIpc) is 2.83. The van der Waals surface area contributed by atoms with Crippen LogP contribution in [0.2, 0.25) is 26.2 Å². The lowest BCUT2D eigenvalue weighted by Crippen LogP contribution is -2.83. The Balaban J connectivity index is 7.74. The molecule has 0 radical (unpaired) electrons. The van der Waals surface area contributed by atoms with E-state index in [2.05, 4.69) is 4.12 Å². The van der Waals surface area contributed by atoms with Crippen molar-refractivity contribution in [1.82, 2.24) is 0 Å². The Kier molecular flexibility index (Phi) is 12.2. The molecule has 0 rings (SSSR count). The Morgan fingerprint density at radius 1 is 0.327 bits per heavy atom. The van der Waals surface area contributed by atoms with E-state index in [-0.39, 0.29) is 19.6 Å². The largest absolute Gasteiger partial charge is 0.448 e. The molecule has 0 aromatic rings. The van der Waals surface area contributed by atoms with E-state index in [0.717, 1.165) is 0 Å². The fourth-order valence-electron chi connectivity index (χ4n) is 3.70. The van der Waals surface area contributed by atoms with Crippen molar-refractivity contribution in [3.8, 4) is 0 Å². The number of rotatable bonds is 16. The lowest BCUT2D eigenvalue weighted by molar-refractivity contribution is -0.403. The van der Waals surface area contributed by atoms with E-state index in [1.807, 2.05) is 0 Å². The van der Waals surface area contributed by atoms with E-state index in [9.17, 15) is 96.6 Å². The van der Waals surface area contributed by atoms with Gasteiger partial charge in [0.25, 0.3) is 0 Å². The number of hydrogen-bond donors (Lipinski definition) is 0. The molecule has 29 heteroatoms. The van der Waals surface area contributed by atoms with E-state index < -0.39 is 120 Å². The molecule has 0 saturated carbocycles. The van der Waals surface area contributed by atoms with Crippen LogP contribution in [0.3, 0.4) is 0 Å². The van der Waals surface area contributed by atoms with Crippen LogP contribution in [0.1, 0.15) is 25.7 Å². The summed E-state index contributed by atoms with van der Waals surface area (Å²) in [6, 6.07) is 0. The van der Waals surface area contributed by atoms with Gasteiger partial charge in [-0.3, -0.25) is 0 Å². The van der Waals surface area contributed by atoms with Crippen LogP contribution in [-0.4, -0.2) is 87.5 Å². The van der Waals surface area contributed by atoms with E-state index >= 15 is 17.6 Å². The van der Waals surface area contributed by atoms with Crippen molar-refractivity contribution in [2.75, 3.05) is 0 Å². The van der Waals surface area contributed by atoms with Crippen molar-refractivity contribution >= 4 is 16.6 Å². The number of halogens is 26. The van der Waals surface area contributed by atoms with Crippen LogP contribution in [0.4, 0.5) is 114 Å². The molecule has 0 atom stereocenters. The van der Waals surface area contributed by atoms with Gasteiger partial charge in [-0.2, -0.15) is 96.6 Å². The normalized spacial score (nSPS) is 16.8. The van der Waals surface area contributed by atoms with Gasteiger partial charge in [0.15, 0.2) is 8.32 Å². The van der Waals surface area contributed by atoms with Crippen LogP contribution in [0.25, 0.3) is 0 Å². The first kappa shape index (κ1) is 47.6. The summed E-state index contributed by atoms with van der Waals surface area (Å²) < 4.78 is 365. The van der Waals surface area contributed by atoms with Crippen LogP contribution in [0.5, 0.6) is 0 Å². The first-order valence-electron chi connectivity index (χ1n) is 12.2. The molecule has 1 nitrogen and oxygen atoms in total. The fourth-order valence-corrected chi connectivity index (χ4v) is 11.5. The van der Waals surface area contributed by atoms with Gasteiger partial charge in [0.05, 0.1) is 0 Å². The zero-order chi connectivity index (χ0) is 40.5. The smallest absolute Gasteiger partial charge is 0.389 e. The van der Waals surface area contributed by atoms with Crippen molar-refractivity contribution in [1.29, 1.82) is 0 Å². The summed E-state index contributed by atoms with van der Waals surface area (Å²) in [6.07, 6.45) is -25.7. The third-order valence-electron chi connectivity index (χ3n) is 6.44. The average molecular weight is 826 g/mol. The van der Waals surface area contributed by atoms with Crippen molar-refractivity contribution in [3.05, 3.63) is 0 Å². The van der Waals surface area contributed by atoms with Gasteiger partial charge < -0.3 is 4.12 Å². The highest BCUT2D eigenvalue weighted by Crippen LogP contribution is 2.66. The van der Waals surface area contributed by atoms with Gasteiger partial charge in [-0.25, -0.2) is 17.6 Å². The summed E-state index contributed by atoms with van der Waals surface area (Å²) >= 11 is 0. The SMILES string of the molecule is C[Si](C)(C)O[Si](C)(C(F)(F)C(F)(F)C(F)(F)C(F)(F)C(F)(F)CCC(F)(F)F)C(F)(F)C(F)(F)C(F)(F)C(F)(F)C(F)(F)CCC(F)(F)F. The third kappa shape index (κ3) is 7.85. The Morgan fingerprint density at radius 2 is 0.551 bits per heavy atom. The summed E-state index contributed by atoms with van der Waals surface area (Å²) in [5.41, 5.74) is -16.6. The van der Waals surface area contributed by atoms with Gasteiger partial charge in [0.1, 0.15) is 0 Å². The molecular formula is C20H20F26OSi2. The Morgan fingerprint density at radius 3 is 0.735 bits per heavy atom. The second kappa shape index (κ2) is 12.6. The zero-order valence-corrected chi connectivity index (χ0v) is 26.1. The highest BCUT2D eigenvalue weighted by Gasteiger charge is 2.97. The molecule has 0 aliphatic heterocycles. The van der Waals surface area contributed by atoms with E-state index in [1.165, 1.54) is 0 Å². The van der Waals surface area contributed by atoms with Crippen LogP contribution in [0.15, 0.2) is 0 Å². The van der Waals surface area contributed by atoms with E-state index in [4.69, 9.17) is 0 Å². The highest BCUT2D eigenvalue weighted by molar-refractivity contribution is 6.87. The highest BCUT2D eigenvalue weighted by atomic mass is 28.4. The van der Waals surface area contributed by atoms with Crippen molar-refractivity contribution in [3.63, 3.8) is 0 Å². The Bertz CT molecular complexity index is 1070. The molecule has 0 heterocycles. The minimum absolute atomic E-state index is 0.163. The lowest BCUT2D eigenvalue weighted by atomic mass is 9.95. The Hall–Kier alpha value is -1.43. The van der Waals surface area contributed by atoms with Gasteiger partial charge in [-0.15, -0.1) is 0 Å². The molecule has 0 amide bonds. The maximum Gasteiger partial charge on any atom is 0.389 e.